The van der Waals surface area contributed by atoms with E-state index in [-0.39, 0.29) is 18.7 Å². The van der Waals surface area contributed by atoms with Gasteiger partial charge >= 0.3 is 0 Å². The Morgan fingerprint density at radius 2 is 2.33 bits per heavy atom. The molecule has 0 radical (unpaired) electrons. The van der Waals surface area contributed by atoms with Crippen LogP contribution in [0.5, 0.6) is 0 Å². The van der Waals surface area contributed by atoms with E-state index in [4.69, 9.17) is 5.11 Å². The Labute approximate surface area is 121 Å². The monoisotopic (exact) mass is 287 g/mol. The summed E-state index contributed by atoms with van der Waals surface area (Å²) >= 11 is 0. The Bertz CT molecular complexity index is 687. The van der Waals surface area contributed by atoms with Crippen LogP contribution in [0.3, 0.4) is 0 Å². The van der Waals surface area contributed by atoms with Gasteiger partial charge in [0, 0.05) is 25.0 Å². The van der Waals surface area contributed by atoms with Crippen molar-refractivity contribution in [3.63, 3.8) is 0 Å². The second-order valence-corrected chi connectivity index (χ2v) is 4.35. The Balaban J connectivity index is 2.21. The number of nitrogens with zero attached hydrogens (tertiary/aromatic N) is 2. The number of aliphatic hydroxyl groups excluding tert-OH is 1. The fourth-order valence-electron chi connectivity index (χ4n) is 1.80. The van der Waals surface area contributed by atoms with Crippen molar-refractivity contribution < 1.29 is 14.3 Å². The molecule has 0 fully saturated rings. The van der Waals surface area contributed by atoms with Gasteiger partial charge in [-0.1, -0.05) is 11.8 Å². The number of halogens is 1. The van der Waals surface area contributed by atoms with Crippen LogP contribution < -0.4 is 0 Å². The van der Waals surface area contributed by atoms with Crippen LogP contribution in [0, 0.1) is 17.7 Å². The predicted molar refractivity (Wildman–Crippen MR) is 74.7 cm³/mol. The molecule has 2 aromatic rings. The SMILES string of the molecule is CN(Cc1ncc[nH]1)C(=O)c1cc(C#CCO)ccc1F. The number of nitrogens with one attached hydrogen (secondary N) is 1. The molecule has 5 nitrogen and oxygen atoms in total. The van der Waals surface area contributed by atoms with Crippen LogP contribution in [0.25, 0.3) is 0 Å². The lowest BCUT2D eigenvalue weighted by molar-refractivity contribution is 0.0777. The summed E-state index contributed by atoms with van der Waals surface area (Å²) in [6, 6.07) is 4.02. The highest BCUT2D eigenvalue weighted by molar-refractivity contribution is 5.94. The van der Waals surface area contributed by atoms with Crippen molar-refractivity contribution >= 4 is 5.91 Å². The van der Waals surface area contributed by atoms with E-state index in [2.05, 4.69) is 21.8 Å². The van der Waals surface area contributed by atoms with Crippen molar-refractivity contribution in [1.29, 1.82) is 0 Å². The van der Waals surface area contributed by atoms with Gasteiger partial charge < -0.3 is 15.0 Å². The average molecular weight is 287 g/mol. The van der Waals surface area contributed by atoms with E-state index in [9.17, 15) is 9.18 Å². The molecule has 0 aliphatic rings. The Kier molecular flexibility index (Phi) is 4.69. The summed E-state index contributed by atoms with van der Waals surface area (Å²) in [4.78, 5) is 20.5. The lowest BCUT2D eigenvalue weighted by atomic mass is 10.1. The maximum atomic E-state index is 13.8. The maximum absolute atomic E-state index is 13.8. The van der Waals surface area contributed by atoms with Crippen LogP contribution in [-0.2, 0) is 6.54 Å². The van der Waals surface area contributed by atoms with Crippen LogP contribution in [0.15, 0.2) is 30.6 Å². The minimum Gasteiger partial charge on any atom is -0.384 e. The fourth-order valence-corrected chi connectivity index (χ4v) is 1.80. The summed E-state index contributed by atoms with van der Waals surface area (Å²) < 4.78 is 13.8. The van der Waals surface area contributed by atoms with Gasteiger partial charge in [-0.15, -0.1) is 0 Å². The van der Waals surface area contributed by atoms with Crippen molar-refractivity contribution in [3.05, 3.63) is 53.4 Å². The lowest BCUT2D eigenvalue weighted by Crippen LogP contribution is -2.27. The summed E-state index contributed by atoms with van der Waals surface area (Å²) in [5, 5.41) is 8.66. The molecule has 0 spiro atoms. The zero-order chi connectivity index (χ0) is 15.2. The molecule has 1 aromatic carbocycles. The van der Waals surface area contributed by atoms with E-state index in [0.717, 1.165) is 0 Å². The van der Waals surface area contributed by atoms with E-state index in [0.29, 0.717) is 11.4 Å². The number of carbonyl (C=O) groups is 1. The predicted octanol–water partition coefficient (Wildman–Crippen LogP) is 1.16. The van der Waals surface area contributed by atoms with Crippen molar-refractivity contribution in [2.24, 2.45) is 0 Å². The molecule has 1 amide bonds. The third-order valence-corrected chi connectivity index (χ3v) is 2.80. The van der Waals surface area contributed by atoms with Gasteiger partial charge in [-0.2, -0.15) is 0 Å². The highest BCUT2D eigenvalue weighted by Gasteiger charge is 2.17. The zero-order valence-corrected chi connectivity index (χ0v) is 11.4. The van der Waals surface area contributed by atoms with Gasteiger partial charge in [0.25, 0.3) is 5.91 Å². The third-order valence-electron chi connectivity index (χ3n) is 2.80. The molecule has 2 N–H and O–H groups in total. The highest BCUT2D eigenvalue weighted by Crippen LogP contribution is 2.13. The summed E-state index contributed by atoms with van der Waals surface area (Å²) in [5.41, 5.74) is 0.411. The number of rotatable bonds is 3. The molecule has 1 heterocycles. The van der Waals surface area contributed by atoms with E-state index >= 15 is 0 Å². The number of carbonyl (C=O) groups excluding carboxylic acids is 1. The molecule has 0 atom stereocenters. The van der Waals surface area contributed by atoms with Crippen LogP contribution in [-0.4, -0.2) is 39.5 Å². The summed E-state index contributed by atoms with van der Waals surface area (Å²) in [5.74, 6) is 4.65. The number of aliphatic hydroxyl groups is 1. The van der Waals surface area contributed by atoms with Gasteiger partial charge in [-0.3, -0.25) is 4.79 Å². The van der Waals surface area contributed by atoms with Gasteiger partial charge in [0.2, 0.25) is 0 Å². The van der Waals surface area contributed by atoms with Crippen molar-refractivity contribution in [2.45, 2.75) is 6.54 Å². The first kappa shape index (κ1) is 14.8. The standard InChI is InChI=1S/C15H14FN3O2/c1-19(10-14-17-6-7-18-14)15(21)12-9-11(3-2-8-20)4-5-13(12)16/h4-7,9,20H,8,10H2,1H3,(H,17,18). The first-order valence-corrected chi connectivity index (χ1v) is 6.25. The quantitative estimate of drug-likeness (QED) is 0.832. The second-order valence-electron chi connectivity index (χ2n) is 4.35. The topological polar surface area (TPSA) is 69.2 Å². The van der Waals surface area contributed by atoms with Crippen molar-refractivity contribution in [1.82, 2.24) is 14.9 Å². The summed E-state index contributed by atoms with van der Waals surface area (Å²) in [6.45, 7) is -0.0448. The molecule has 0 saturated heterocycles. The first-order valence-electron chi connectivity index (χ1n) is 6.25. The molecule has 0 aliphatic heterocycles. The molecule has 108 valence electrons. The third kappa shape index (κ3) is 3.68. The molecule has 21 heavy (non-hydrogen) atoms. The fraction of sp³-hybridized carbons (Fsp3) is 0.200. The normalized spacial score (nSPS) is 9.86. The minimum absolute atomic E-state index is 0.0613. The minimum atomic E-state index is -0.610. The highest BCUT2D eigenvalue weighted by atomic mass is 19.1. The number of aromatic amines is 1. The van der Waals surface area contributed by atoms with E-state index in [1.165, 1.54) is 23.1 Å². The van der Waals surface area contributed by atoms with Gasteiger partial charge in [-0.25, -0.2) is 9.37 Å². The van der Waals surface area contributed by atoms with Gasteiger partial charge in [0.1, 0.15) is 18.2 Å². The first-order chi connectivity index (χ1) is 10.1. The van der Waals surface area contributed by atoms with E-state index in [1.807, 2.05) is 0 Å². The second kappa shape index (κ2) is 6.68. The number of amides is 1. The van der Waals surface area contributed by atoms with Crippen LogP contribution in [0.2, 0.25) is 0 Å². The molecule has 2 rings (SSSR count). The summed E-state index contributed by atoms with van der Waals surface area (Å²) in [7, 11) is 1.57. The smallest absolute Gasteiger partial charge is 0.257 e. The van der Waals surface area contributed by atoms with Crippen molar-refractivity contribution in [3.8, 4) is 11.8 Å². The lowest BCUT2D eigenvalue weighted by Gasteiger charge is -2.16. The van der Waals surface area contributed by atoms with Crippen LogP contribution >= 0.6 is 0 Å². The molecule has 0 bridgehead atoms. The average Bonchev–Trinajstić information content (AvgIpc) is 2.98. The van der Waals surface area contributed by atoms with Gasteiger partial charge in [-0.05, 0) is 18.2 Å². The number of H-pyrrole nitrogens is 1. The summed E-state index contributed by atoms with van der Waals surface area (Å²) in [6.07, 6.45) is 3.23. The molecule has 1 aromatic heterocycles. The van der Waals surface area contributed by atoms with Crippen LogP contribution in [0.1, 0.15) is 21.7 Å². The van der Waals surface area contributed by atoms with Gasteiger partial charge in [0.15, 0.2) is 0 Å². The van der Waals surface area contributed by atoms with E-state index in [1.54, 1.807) is 19.4 Å². The number of benzene rings is 1. The number of aromatic nitrogens is 2. The largest absolute Gasteiger partial charge is 0.384 e. The molecule has 0 aliphatic carbocycles. The van der Waals surface area contributed by atoms with E-state index < -0.39 is 11.7 Å². The molecular weight excluding hydrogens is 273 g/mol. The van der Waals surface area contributed by atoms with Crippen molar-refractivity contribution in [2.75, 3.05) is 13.7 Å². The Hall–Kier alpha value is -2.65. The Morgan fingerprint density at radius 3 is 3.00 bits per heavy atom. The van der Waals surface area contributed by atoms with Crippen LogP contribution in [0.4, 0.5) is 4.39 Å². The number of hydrogen-bond donors (Lipinski definition) is 2. The Morgan fingerprint density at radius 1 is 1.52 bits per heavy atom. The molecule has 0 unspecified atom stereocenters. The van der Waals surface area contributed by atoms with Gasteiger partial charge in [0.05, 0.1) is 12.1 Å². The molecule has 0 saturated carbocycles. The molecular formula is C15H14FN3O2. The maximum Gasteiger partial charge on any atom is 0.257 e. The number of imidazole rings is 1. The molecule has 6 heteroatoms. The zero-order valence-electron chi connectivity index (χ0n) is 11.4. The number of hydrogen-bond acceptors (Lipinski definition) is 3.